The molecule has 28 heavy (non-hydrogen) atoms. The Balaban J connectivity index is 1.89. The first-order valence-corrected chi connectivity index (χ1v) is 9.86. The molecule has 1 saturated heterocycles. The molecule has 0 bridgehead atoms. The minimum Gasteiger partial charge on any atom is -0.480 e. The van der Waals surface area contributed by atoms with Gasteiger partial charge in [-0.15, -0.1) is 11.3 Å². The Bertz CT molecular complexity index is 1010. The number of alkyl halides is 3. The van der Waals surface area contributed by atoms with Gasteiger partial charge in [-0.2, -0.15) is 13.2 Å². The lowest BCUT2D eigenvalue weighted by atomic mass is 9.94. The van der Waals surface area contributed by atoms with E-state index >= 15 is 0 Å². The maximum Gasteiger partial charge on any atom is 0.416 e. The number of hydrogen-bond acceptors (Lipinski definition) is 3. The number of hydrogen-bond donors (Lipinski definition) is 1. The third-order valence-electron chi connectivity index (χ3n) is 5.25. The van der Waals surface area contributed by atoms with Gasteiger partial charge in [-0.3, -0.25) is 9.69 Å². The summed E-state index contributed by atoms with van der Waals surface area (Å²) in [5, 5.41) is 12.5. The predicted octanol–water partition coefficient (Wildman–Crippen LogP) is 5.56. The molecule has 7 heteroatoms. The van der Waals surface area contributed by atoms with Crippen molar-refractivity contribution in [2.75, 3.05) is 6.54 Å². The van der Waals surface area contributed by atoms with Crippen LogP contribution in [0.2, 0.25) is 0 Å². The van der Waals surface area contributed by atoms with Crippen molar-refractivity contribution >= 4 is 27.4 Å². The molecule has 2 aromatic carbocycles. The number of fused-ring (bicyclic) bond motifs is 1. The average molecular weight is 405 g/mol. The largest absolute Gasteiger partial charge is 0.480 e. The fourth-order valence-corrected chi connectivity index (χ4v) is 4.99. The highest BCUT2D eigenvalue weighted by Gasteiger charge is 2.39. The molecule has 0 spiro atoms. The minimum absolute atomic E-state index is 0.464. The molecule has 1 aliphatic rings. The van der Waals surface area contributed by atoms with Crippen molar-refractivity contribution in [3.05, 3.63) is 70.6 Å². The van der Waals surface area contributed by atoms with Crippen LogP contribution in [0, 0.1) is 0 Å². The third-order valence-corrected chi connectivity index (χ3v) is 6.23. The highest BCUT2D eigenvalue weighted by Crippen LogP contribution is 2.41. The molecule has 3 aromatic rings. The Kier molecular flexibility index (Phi) is 4.89. The molecule has 2 heterocycles. The van der Waals surface area contributed by atoms with Gasteiger partial charge in [-0.25, -0.2) is 0 Å². The number of halogens is 3. The Morgan fingerprint density at radius 3 is 2.71 bits per heavy atom. The van der Waals surface area contributed by atoms with Crippen molar-refractivity contribution in [2.24, 2.45) is 0 Å². The molecule has 1 aromatic heterocycles. The van der Waals surface area contributed by atoms with Gasteiger partial charge in [-0.05, 0) is 52.9 Å². The summed E-state index contributed by atoms with van der Waals surface area (Å²) in [6.07, 6.45) is -3.25. The normalized spacial score (nSPS) is 19.2. The molecule has 1 N–H and O–H groups in total. The predicted molar refractivity (Wildman–Crippen MR) is 102 cm³/mol. The fraction of sp³-hybridized carbons (Fsp3) is 0.286. The van der Waals surface area contributed by atoms with E-state index in [1.165, 1.54) is 17.4 Å². The monoisotopic (exact) mass is 405 g/mol. The highest BCUT2D eigenvalue weighted by atomic mass is 32.1. The van der Waals surface area contributed by atoms with Crippen LogP contribution in [0.1, 0.15) is 35.6 Å². The van der Waals surface area contributed by atoms with E-state index in [1.807, 2.05) is 34.5 Å². The molecule has 146 valence electrons. The molecule has 0 saturated carbocycles. The standard InChI is InChI=1S/C21H18F3NO2S/c22-21(23,24)14-6-3-5-13(11-14)19(25-10-4-8-17(25)20(26)27)16-12-28-18-9-2-1-7-15(16)18/h1-3,5-7,9,11-12,17,19H,4,8,10H2,(H,26,27). The number of thiophene rings is 1. The van der Waals surface area contributed by atoms with Crippen molar-refractivity contribution < 1.29 is 23.1 Å². The van der Waals surface area contributed by atoms with Crippen molar-refractivity contribution in [2.45, 2.75) is 31.1 Å². The molecule has 4 rings (SSSR count). The third kappa shape index (κ3) is 3.40. The van der Waals surface area contributed by atoms with Crippen LogP contribution >= 0.6 is 11.3 Å². The van der Waals surface area contributed by atoms with E-state index in [2.05, 4.69) is 0 Å². The molecule has 0 aliphatic carbocycles. The summed E-state index contributed by atoms with van der Waals surface area (Å²) in [4.78, 5) is 13.6. The Morgan fingerprint density at radius 1 is 1.18 bits per heavy atom. The van der Waals surface area contributed by atoms with Crippen LogP contribution in [0.15, 0.2) is 53.9 Å². The van der Waals surface area contributed by atoms with Gasteiger partial charge in [0, 0.05) is 11.2 Å². The number of carbonyl (C=O) groups is 1. The second-order valence-corrected chi connectivity index (χ2v) is 7.86. The zero-order chi connectivity index (χ0) is 19.9. The summed E-state index contributed by atoms with van der Waals surface area (Å²) in [5.41, 5.74) is 0.597. The lowest BCUT2D eigenvalue weighted by molar-refractivity contribution is -0.143. The first-order valence-electron chi connectivity index (χ1n) is 8.98. The maximum atomic E-state index is 13.3. The van der Waals surface area contributed by atoms with Gasteiger partial charge in [0.1, 0.15) is 6.04 Å². The quantitative estimate of drug-likeness (QED) is 0.618. The second kappa shape index (κ2) is 7.22. The molecule has 2 unspecified atom stereocenters. The van der Waals surface area contributed by atoms with E-state index in [0.717, 1.165) is 27.8 Å². The summed E-state index contributed by atoms with van der Waals surface area (Å²) in [6, 6.07) is 11.7. The van der Waals surface area contributed by atoms with E-state index in [-0.39, 0.29) is 0 Å². The molecule has 1 aliphatic heterocycles. The molecule has 0 radical (unpaired) electrons. The van der Waals surface area contributed by atoms with Crippen molar-refractivity contribution in [1.82, 2.24) is 4.90 Å². The number of carboxylic acids is 1. The van der Waals surface area contributed by atoms with E-state index in [1.54, 1.807) is 6.07 Å². The summed E-state index contributed by atoms with van der Waals surface area (Å²) < 4.78 is 40.9. The van der Waals surface area contributed by atoms with Crippen LogP contribution in [0.3, 0.4) is 0 Å². The van der Waals surface area contributed by atoms with Gasteiger partial charge in [0.25, 0.3) is 0 Å². The van der Waals surface area contributed by atoms with Gasteiger partial charge in [0.05, 0.1) is 11.6 Å². The summed E-state index contributed by atoms with van der Waals surface area (Å²) in [5.74, 6) is -0.936. The van der Waals surface area contributed by atoms with Gasteiger partial charge in [-0.1, -0.05) is 30.3 Å². The zero-order valence-corrected chi connectivity index (χ0v) is 15.6. The topological polar surface area (TPSA) is 40.5 Å². The molecule has 3 nitrogen and oxygen atoms in total. The summed E-state index contributed by atoms with van der Waals surface area (Å²) in [7, 11) is 0. The van der Waals surface area contributed by atoms with Crippen molar-refractivity contribution in [3.8, 4) is 0 Å². The molecular weight excluding hydrogens is 387 g/mol. The van der Waals surface area contributed by atoms with Gasteiger partial charge < -0.3 is 5.11 Å². The number of carboxylic acid groups (broad SMARTS) is 1. The van der Waals surface area contributed by atoms with Crippen LogP contribution in [0.25, 0.3) is 10.1 Å². The minimum atomic E-state index is -4.45. The number of benzene rings is 2. The van der Waals surface area contributed by atoms with E-state index in [4.69, 9.17) is 0 Å². The lowest BCUT2D eigenvalue weighted by Crippen LogP contribution is -2.39. The Hall–Kier alpha value is -2.38. The van der Waals surface area contributed by atoms with Gasteiger partial charge >= 0.3 is 12.1 Å². The molecule has 2 atom stereocenters. The molecular formula is C21H18F3NO2S. The second-order valence-electron chi connectivity index (χ2n) is 6.95. The smallest absolute Gasteiger partial charge is 0.416 e. The van der Waals surface area contributed by atoms with Crippen LogP contribution in [0.4, 0.5) is 13.2 Å². The van der Waals surface area contributed by atoms with Gasteiger partial charge in [0.2, 0.25) is 0 Å². The number of nitrogens with zero attached hydrogens (tertiary/aromatic N) is 1. The van der Waals surface area contributed by atoms with Gasteiger partial charge in [0.15, 0.2) is 0 Å². The Labute approximate surface area is 164 Å². The number of aliphatic carboxylic acids is 1. The first-order chi connectivity index (χ1) is 13.4. The number of likely N-dealkylation sites (tertiary alicyclic amines) is 1. The maximum absolute atomic E-state index is 13.3. The summed E-state index contributed by atoms with van der Waals surface area (Å²) >= 11 is 1.52. The molecule has 0 amide bonds. The first kappa shape index (κ1) is 19.0. The van der Waals surface area contributed by atoms with Crippen LogP contribution < -0.4 is 0 Å². The SMILES string of the molecule is O=C(O)C1CCCN1C(c1cccc(C(F)(F)F)c1)c1csc2ccccc12. The highest BCUT2D eigenvalue weighted by molar-refractivity contribution is 7.17. The van der Waals surface area contributed by atoms with Crippen molar-refractivity contribution in [1.29, 1.82) is 0 Å². The van der Waals surface area contributed by atoms with Crippen LogP contribution in [0.5, 0.6) is 0 Å². The van der Waals surface area contributed by atoms with Crippen molar-refractivity contribution in [3.63, 3.8) is 0 Å². The van der Waals surface area contributed by atoms with Crippen LogP contribution in [-0.4, -0.2) is 28.6 Å². The van der Waals surface area contributed by atoms with E-state index in [0.29, 0.717) is 24.9 Å². The Morgan fingerprint density at radius 2 is 1.96 bits per heavy atom. The molecule has 1 fully saturated rings. The summed E-state index contributed by atoms with van der Waals surface area (Å²) in [6.45, 7) is 0.530. The fourth-order valence-electron chi connectivity index (χ4n) is 4.01. The van der Waals surface area contributed by atoms with E-state index in [9.17, 15) is 23.1 Å². The zero-order valence-electron chi connectivity index (χ0n) is 14.8. The van der Waals surface area contributed by atoms with Crippen LogP contribution in [-0.2, 0) is 11.0 Å². The number of rotatable bonds is 4. The lowest BCUT2D eigenvalue weighted by Gasteiger charge is -2.32. The van der Waals surface area contributed by atoms with E-state index < -0.39 is 29.8 Å². The average Bonchev–Trinajstić information content (AvgIpc) is 3.30.